The first-order chi connectivity index (χ1) is 10.5. The first-order valence-corrected chi connectivity index (χ1v) is 7.34. The van der Waals surface area contributed by atoms with Crippen molar-refractivity contribution in [2.24, 2.45) is 0 Å². The Morgan fingerprint density at radius 2 is 2.00 bits per heavy atom. The molecule has 0 atom stereocenters. The summed E-state index contributed by atoms with van der Waals surface area (Å²) in [5, 5.41) is 20.4. The molecule has 0 fully saturated rings. The van der Waals surface area contributed by atoms with Gasteiger partial charge in [-0.05, 0) is 42.3 Å². The third-order valence-corrected chi connectivity index (χ3v) is 4.11. The molecule has 3 rings (SSSR count). The van der Waals surface area contributed by atoms with E-state index >= 15 is 0 Å². The normalized spacial score (nSPS) is 13.9. The summed E-state index contributed by atoms with van der Waals surface area (Å²) < 4.78 is 0.910. The topological polar surface area (TPSA) is 83.7 Å². The lowest BCUT2D eigenvalue weighted by Gasteiger charge is -2.28. The van der Waals surface area contributed by atoms with Gasteiger partial charge in [0.25, 0.3) is 5.91 Å². The first kappa shape index (κ1) is 14.5. The summed E-state index contributed by atoms with van der Waals surface area (Å²) in [6.45, 7) is 0.435. The molecule has 0 bridgehead atoms. The number of anilines is 1. The van der Waals surface area contributed by atoms with Crippen LogP contribution in [0, 0.1) is 10.1 Å². The van der Waals surface area contributed by atoms with Crippen molar-refractivity contribution in [3.8, 4) is 5.75 Å². The summed E-state index contributed by atoms with van der Waals surface area (Å²) in [5.74, 6) is -0.615. The maximum Gasteiger partial charge on any atom is 0.312 e. The highest BCUT2D eigenvalue weighted by Crippen LogP contribution is 2.33. The molecule has 1 N–H and O–H groups in total. The maximum absolute atomic E-state index is 12.6. The van der Waals surface area contributed by atoms with Crippen LogP contribution >= 0.6 is 15.9 Å². The van der Waals surface area contributed by atoms with Gasteiger partial charge in [-0.25, -0.2) is 0 Å². The van der Waals surface area contributed by atoms with Crippen molar-refractivity contribution >= 4 is 33.2 Å². The molecule has 0 saturated carbocycles. The summed E-state index contributed by atoms with van der Waals surface area (Å²) in [6, 6.07) is 9.39. The zero-order chi connectivity index (χ0) is 15.9. The van der Waals surface area contributed by atoms with Crippen LogP contribution in [0.2, 0.25) is 0 Å². The number of halogens is 1. The molecule has 0 aliphatic carbocycles. The zero-order valence-electron chi connectivity index (χ0n) is 11.3. The fourth-order valence-electron chi connectivity index (χ4n) is 2.53. The summed E-state index contributed by atoms with van der Waals surface area (Å²) in [4.78, 5) is 24.3. The highest BCUT2D eigenvalue weighted by Gasteiger charge is 2.27. The van der Waals surface area contributed by atoms with Gasteiger partial charge in [0.15, 0.2) is 5.75 Å². The van der Waals surface area contributed by atoms with Gasteiger partial charge < -0.3 is 10.0 Å². The van der Waals surface area contributed by atoms with Crippen molar-refractivity contribution in [3.63, 3.8) is 0 Å². The third-order valence-electron chi connectivity index (χ3n) is 3.61. The quantitative estimate of drug-likeness (QED) is 0.656. The summed E-state index contributed by atoms with van der Waals surface area (Å²) in [5.41, 5.74) is 1.53. The van der Waals surface area contributed by atoms with Gasteiger partial charge in [0.1, 0.15) is 0 Å². The van der Waals surface area contributed by atoms with Crippen LogP contribution in [0.4, 0.5) is 11.4 Å². The molecular weight excluding hydrogens is 352 g/mol. The van der Waals surface area contributed by atoms with E-state index in [0.29, 0.717) is 24.2 Å². The highest BCUT2D eigenvalue weighted by atomic mass is 79.9. The average Bonchev–Trinajstić information content (AvgIpc) is 2.48. The molecule has 1 heterocycles. The molecule has 2 aromatic carbocycles. The molecule has 7 heteroatoms. The number of rotatable bonds is 2. The number of nitro benzene ring substituents is 1. The number of phenolic OH excluding ortho intramolecular Hbond substituents is 1. The molecule has 0 spiro atoms. The van der Waals surface area contributed by atoms with Crippen LogP contribution in [0.5, 0.6) is 5.75 Å². The van der Waals surface area contributed by atoms with Crippen LogP contribution in [0.1, 0.15) is 15.9 Å². The number of nitrogens with zero attached hydrogens (tertiary/aromatic N) is 2. The lowest BCUT2D eigenvalue weighted by molar-refractivity contribution is -0.385. The number of amides is 1. The number of carbonyl (C=O) groups is 1. The molecule has 0 saturated heterocycles. The van der Waals surface area contributed by atoms with Gasteiger partial charge in [-0.15, -0.1) is 0 Å². The van der Waals surface area contributed by atoms with Gasteiger partial charge in [-0.1, -0.05) is 15.9 Å². The number of carbonyl (C=O) groups excluding carboxylic acids is 1. The fraction of sp³-hybridized carbons (Fsp3) is 0.133. The van der Waals surface area contributed by atoms with E-state index < -0.39 is 16.4 Å². The number of benzene rings is 2. The molecule has 6 nitrogen and oxygen atoms in total. The van der Waals surface area contributed by atoms with E-state index in [-0.39, 0.29) is 5.91 Å². The van der Waals surface area contributed by atoms with Gasteiger partial charge in [0.05, 0.1) is 10.6 Å². The Balaban J connectivity index is 2.00. The minimum atomic E-state index is -0.668. The Labute approximate surface area is 134 Å². The number of aromatic hydroxyl groups is 1. The van der Waals surface area contributed by atoms with E-state index in [1.807, 2.05) is 6.07 Å². The van der Waals surface area contributed by atoms with Crippen molar-refractivity contribution in [2.75, 3.05) is 11.4 Å². The molecule has 0 unspecified atom stereocenters. The van der Waals surface area contributed by atoms with E-state index in [4.69, 9.17) is 0 Å². The Bertz CT molecular complexity index is 791. The van der Waals surface area contributed by atoms with E-state index in [9.17, 15) is 20.0 Å². The van der Waals surface area contributed by atoms with Crippen LogP contribution in [0.3, 0.4) is 0 Å². The van der Waals surface area contributed by atoms with Crippen LogP contribution in [-0.2, 0) is 6.42 Å². The van der Waals surface area contributed by atoms with E-state index in [2.05, 4.69) is 15.9 Å². The second kappa shape index (κ2) is 5.42. The number of fused-ring (bicyclic) bond motifs is 1. The molecule has 112 valence electrons. The molecule has 2 aromatic rings. The van der Waals surface area contributed by atoms with E-state index in [1.165, 1.54) is 23.1 Å². The molecule has 0 radical (unpaired) electrons. The Morgan fingerprint density at radius 1 is 1.23 bits per heavy atom. The van der Waals surface area contributed by atoms with Gasteiger partial charge in [-0.3, -0.25) is 14.9 Å². The van der Waals surface area contributed by atoms with Gasteiger partial charge in [0.2, 0.25) is 0 Å². The van der Waals surface area contributed by atoms with Crippen molar-refractivity contribution in [3.05, 3.63) is 62.1 Å². The van der Waals surface area contributed by atoms with E-state index in [1.54, 1.807) is 12.1 Å². The van der Waals surface area contributed by atoms with Crippen LogP contribution < -0.4 is 4.90 Å². The number of hydrogen-bond acceptors (Lipinski definition) is 4. The van der Waals surface area contributed by atoms with E-state index in [0.717, 1.165) is 10.0 Å². The third kappa shape index (κ3) is 2.43. The largest absolute Gasteiger partial charge is 0.502 e. The standard InChI is InChI=1S/C15H11BrN2O4/c16-10-1-3-12-9(7-10)5-6-17(15(12)20)11-2-4-14(19)13(8-11)18(21)22/h1-4,7-8,19H,5-6H2. The Morgan fingerprint density at radius 3 is 2.73 bits per heavy atom. The molecule has 1 aliphatic heterocycles. The minimum absolute atomic E-state index is 0.200. The number of hydrogen-bond donors (Lipinski definition) is 1. The fourth-order valence-corrected chi connectivity index (χ4v) is 2.94. The van der Waals surface area contributed by atoms with Crippen molar-refractivity contribution in [1.82, 2.24) is 0 Å². The van der Waals surface area contributed by atoms with Crippen LogP contribution in [-0.4, -0.2) is 22.5 Å². The highest BCUT2D eigenvalue weighted by molar-refractivity contribution is 9.10. The molecular formula is C15H11BrN2O4. The lowest BCUT2D eigenvalue weighted by atomic mass is 9.98. The van der Waals surface area contributed by atoms with Crippen molar-refractivity contribution < 1.29 is 14.8 Å². The number of phenols is 1. The molecule has 0 aromatic heterocycles. The summed E-state index contributed by atoms with van der Waals surface area (Å²) in [6.07, 6.45) is 0.662. The number of nitro groups is 1. The van der Waals surface area contributed by atoms with Crippen LogP contribution in [0.15, 0.2) is 40.9 Å². The molecule has 1 amide bonds. The second-order valence-corrected chi connectivity index (χ2v) is 5.85. The van der Waals surface area contributed by atoms with Gasteiger partial charge in [0, 0.05) is 22.6 Å². The van der Waals surface area contributed by atoms with Crippen molar-refractivity contribution in [1.29, 1.82) is 0 Å². The summed E-state index contributed by atoms with van der Waals surface area (Å²) >= 11 is 3.38. The Hall–Kier alpha value is -2.41. The minimum Gasteiger partial charge on any atom is -0.502 e. The summed E-state index contributed by atoms with van der Waals surface area (Å²) in [7, 11) is 0. The average molecular weight is 363 g/mol. The monoisotopic (exact) mass is 362 g/mol. The Kier molecular flexibility index (Phi) is 3.58. The predicted octanol–water partition coefficient (Wildman–Crippen LogP) is 3.27. The lowest BCUT2D eigenvalue weighted by Crippen LogP contribution is -2.37. The van der Waals surface area contributed by atoms with Crippen LogP contribution in [0.25, 0.3) is 0 Å². The van der Waals surface area contributed by atoms with Gasteiger partial charge >= 0.3 is 5.69 Å². The molecule has 1 aliphatic rings. The zero-order valence-corrected chi connectivity index (χ0v) is 12.9. The smallest absolute Gasteiger partial charge is 0.312 e. The first-order valence-electron chi connectivity index (χ1n) is 6.55. The SMILES string of the molecule is O=C1c2ccc(Br)cc2CCN1c1ccc(O)c([N+](=O)[O-])c1. The maximum atomic E-state index is 12.6. The second-order valence-electron chi connectivity index (χ2n) is 4.94. The van der Waals surface area contributed by atoms with Gasteiger partial charge in [-0.2, -0.15) is 0 Å². The molecule has 22 heavy (non-hydrogen) atoms. The van der Waals surface area contributed by atoms with Crippen molar-refractivity contribution in [2.45, 2.75) is 6.42 Å². The predicted molar refractivity (Wildman–Crippen MR) is 84.3 cm³/mol.